The summed E-state index contributed by atoms with van der Waals surface area (Å²) >= 11 is 0. The Morgan fingerprint density at radius 2 is 2.10 bits per heavy atom. The Bertz CT molecular complexity index is 460. The average molecular weight is 293 g/mol. The lowest BCUT2D eigenvalue weighted by Gasteiger charge is -2.32. The Hall–Kier alpha value is -1.73. The number of carbonyl (C=O) groups excluding carboxylic acids is 1. The summed E-state index contributed by atoms with van der Waals surface area (Å²) in [5.74, 6) is 0.657. The number of ether oxygens (including phenoxy) is 1. The molecular weight excluding hydrogens is 270 g/mol. The number of anilines is 1. The molecule has 1 aliphatic rings. The Morgan fingerprint density at radius 1 is 1.33 bits per heavy atom. The first-order chi connectivity index (χ1) is 10.2. The van der Waals surface area contributed by atoms with Gasteiger partial charge in [-0.05, 0) is 13.5 Å². The lowest BCUT2D eigenvalue weighted by Crippen LogP contribution is -2.47. The highest BCUT2D eigenvalue weighted by atomic mass is 16.5. The third kappa shape index (κ3) is 4.64. The Labute approximate surface area is 125 Å². The van der Waals surface area contributed by atoms with Gasteiger partial charge >= 0.3 is 0 Å². The van der Waals surface area contributed by atoms with E-state index in [0.717, 1.165) is 39.1 Å². The fourth-order valence-electron chi connectivity index (χ4n) is 2.18. The van der Waals surface area contributed by atoms with Gasteiger partial charge in [0.05, 0.1) is 0 Å². The summed E-state index contributed by atoms with van der Waals surface area (Å²) in [6.45, 7) is 4.75. The van der Waals surface area contributed by atoms with Crippen molar-refractivity contribution >= 4 is 11.7 Å². The molecule has 1 amide bonds. The van der Waals surface area contributed by atoms with Crippen molar-refractivity contribution in [1.29, 1.82) is 0 Å². The first kappa shape index (κ1) is 15.7. The van der Waals surface area contributed by atoms with E-state index in [4.69, 9.17) is 4.74 Å². The van der Waals surface area contributed by atoms with E-state index in [1.807, 2.05) is 4.90 Å². The fourth-order valence-corrected chi connectivity index (χ4v) is 2.18. The fraction of sp³-hybridized carbons (Fsp3) is 0.643. The van der Waals surface area contributed by atoms with Crippen LogP contribution in [0.4, 0.5) is 5.82 Å². The Kier molecular flexibility index (Phi) is 5.89. The zero-order valence-corrected chi connectivity index (χ0v) is 12.7. The van der Waals surface area contributed by atoms with Crippen LogP contribution in [-0.4, -0.2) is 79.2 Å². The number of hydrogen-bond acceptors (Lipinski definition) is 6. The van der Waals surface area contributed by atoms with Crippen molar-refractivity contribution in [1.82, 2.24) is 19.8 Å². The van der Waals surface area contributed by atoms with Crippen LogP contribution in [0, 0.1) is 0 Å². The molecule has 1 fully saturated rings. The molecule has 1 aromatic rings. The molecule has 0 spiro atoms. The minimum atomic E-state index is -0.0227. The van der Waals surface area contributed by atoms with Gasteiger partial charge in [0.2, 0.25) is 0 Å². The summed E-state index contributed by atoms with van der Waals surface area (Å²) < 4.78 is 4.99. The maximum absolute atomic E-state index is 12.4. The molecule has 116 valence electrons. The van der Waals surface area contributed by atoms with E-state index >= 15 is 0 Å². The molecule has 0 aromatic carbocycles. The van der Waals surface area contributed by atoms with Crippen LogP contribution >= 0.6 is 0 Å². The van der Waals surface area contributed by atoms with Gasteiger partial charge in [-0.25, -0.2) is 9.97 Å². The van der Waals surface area contributed by atoms with Crippen LogP contribution in [0.3, 0.4) is 0 Å². The van der Waals surface area contributed by atoms with E-state index in [-0.39, 0.29) is 5.91 Å². The maximum Gasteiger partial charge on any atom is 0.272 e. The highest BCUT2D eigenvalue weighted by Gasteiger charge is 2.21. The number of aromatic nitrogens is 2. The molecule has 1 saturated heterocycles. The van der Waals surface area contributed by atoms with E-state index in [9.17, 15) is 4.79 Å². The van der Waals surface area contributed by atoms with Crippen LogP contribution in [0.25, 0.3) is 0 Å². The SMILES string of the molecule is COCCCNc1cc(C(=O)N2CCN(C)CC2)ncn1. The van der Waals surface area contributed by atoms with Crippen molar-refractivity contribution < 1.29 is 9.53 Å². The second-order valence-electron chi connectivity index (χ2n) is 5.16. The van der Waals surface area contributed by atoms with Crippen LogP contribution < -0.4 is 5.32 Å². The quantitative estimate of drug-likeness (QED) is 0.761. The van der Waals surface area contributed by atoms with E-state index in [1.54, 1.807) is 13.2 Å². The van der Waals surface area contributed by atoms with E-state index < -0.39 is 0 Å². The van der Waals surface area contributed by atoms with Crippen molar-refractivity contribution in [2.45, 2.75) is 6.42 Å². The Balaban J connectivity index is 1.91. The molecule has 0 saturated carbocycles. The molecule has 0 bridgehead atoms. The van der Waals surface area contributed by atoms with Crippen LogP contribution in [0.2, 0.25) is 0 Å². The van der Waals surface area contributed by atoms with E-state index in [2.05, 4.69) is 27.2 Å². The molecule has 0 unspecified atom stereocenters. The molecule has 0 radical (unpaired) electrons. The zero-order chi connectivity index (χ0) is 15.1. The minimum absolute atomic E-state index is 0.0227. The molecule has 2 heterocycles. The van der Waals surface area contributed by atoms with Crippen LogP contribution in [0.15, 0.2) is 12.4 Å². The van der Waals surface area contributed by atoms with Crippen molar-refractivity contribution in [3.05, 3.63) is 18.1 Å². The van der Waals surface area contributed by atoms with Gasteiger partial charge in [0.15, 0.2) is 0 Å². The molecule has 1 aliphatic heterocycles. The first-order valence-corrected chi connectivity index (χ1v) is 7.23. The van der Waals surface area contributed by atoms with Gasteiger partial charge < -0.3 is 19.9 Å². The predicted octanol–water partition coefficient (Wildman–Crippen LogP) is 0.313. The summed E-state index contributed by atoms with van der Waals surface area (Å²) in [7, 11) is 3.74. The average Bonchev–Trinajstić information content (AvgIpc) is 2.52. The third-order valence-electron chi connectivity index (χ3n) is 3.51. The van der Waals surface area contributed by atoms with Gasteiger partial charge in [0, 0.05) is 52.5 Å². The standard InChI is InChI=1S/C14H23N5O2/c1-18-5-7-19(8-6-18)14(20)12-10-13(17-11-16-12)15-4-3-9-21-2/h10-11H,3-9H2,1-2H3,(H,15,16,17). The smallest absolute Gasteiger partial charge is 0.272 e. The van der Waals surface area contributed by atoms with Gasteiger partial charge in [0.1, 0.15) is 17.8 Å². The number of amides is 1. The summed E-state index contributed by atoms with van der Waals surface area (Å²) in [5.41, 5.74) is 0.448. The number of nitrogens with one attached hydrogen (secondary N) is 1. The molecule has 7 heteroatoms. The maximum atomic E-state index is 12.4. The number of carbonyl (C=O) groups is 1. The zero-order valence-electron chi connectivity index (χ0n) is 12.7. The molecule has 1 aromatic heterocycles. The monoisotopic (exact) mass is 293 g/mol. The van der Waals surface area contributed by atoms with Gasteiger partial charge in [0.25, 0.3) is 5.91 Å². The van der Waals surface area contributed by atoms with Crippen molar-refractivity contribution in [3.63, 3.8) is 0 Å². The number of nitrogens with zero attached hydrogens (tertiary/aromatic N) is 4. The Morgan fingerprint density at radius 3 is 2.81 bits per heavy atom. The van der Waals surface area contributed by atoms with Gasteiger partial charge in [-0.2, -0.15) is 0 Å². The molecule has 21 heavy (non-hydrogen) atoms. The topological polar surface area (TPSA) is 70.6 Å². The van der Waals surface area contributed by atoms with Gasteiger partial charge in [-0.3, -0.25) is 4.79 Å². The largest absolute Gasteiger partial charge is 0.385 e. The normalized spacial score (nSPS) is 16.0. The summed E-state index contributed by atoms with van der Waals surface area (Å²) in [4.78, 5) is 24.7. The minimum Gasteiger partial charge on any atom is -0.385 e. The first-order valence-electron chi connectivity index (χ1n) is 7.23. The summed E-state index contributed by atoms with van der Waals surface area (Å²) in [6, 6.07) is 1.72. The van der Waals surface area contributed by atoms with E-state index in [1.165, 1.54) is 6.33 Å². The van der Waals surface area contributed by atoms with Crippen LogP contribution in [0.1, 0.15) is 16.9 Å². The van der Waals surface area contributed by atoms with E-state index in [0.29, 0.717) is 18.1 Å². The highest BCUT2D eigenvalue weighted by Crippen LogP contribution is 2.09. The number of rotatable bonds is 6. The van der Waals surface area contributed by atoms with Gasteiger partial charge in [-0.1, -0.05) is 0 Å². The summed E-state index contributed by atoms with van der Waals surface area (Å²) in [6.07, 6.45) is 2.32. The van der Waals surface area contributed by atoms with Crippen LogP contribution in [0.5, 0.6) is 0 Å². The lowest BCUT2D eigenvalue weighted by molar-refractivity contribution is 0.0658. The second kappa shape index (κ2) is 7.90. The van der Waals surface area contributed by atoms with Gasteiger partial charge in [-0.15, -0.1) is 0 Å². The lowest BCUT2D eigenvalue weighted by atomic mass is 10.2. The number of piperazine rings is 1. The predicted molar refractivity (Wildman–Crippen MR) is 80.4 cm³/mol. The highest BCUT2D eigenvalue weighted by molar-refractivity contribution is 5.93. The molecule has 0 aliphatic carbocycles. The molecule has 1 N–H and O–H groups in total. The van der Waals surface area contributed by atoms with Crippen LogP contribution in [-0.2, 0) is 4.74 Å². The van der Waals surface area contributed by atoms with Crippen molar-refractivity contribution in [3.8, 4) is 0 Å². The van der Waals surface area contributed by atoms with Crippen molar-refractivity contribution in [2.75, 3.05) is 58.8 Å². The summed E-state index contributed by atoms with van der Waals surface area (Å²) in [5, 5.41) is 3.17. The number of hydrogen-bond donors (Lipinski definition) is 1. The molecular formula is C14H23N5O2. The number of likely N-dealkylation sites (N-methyl/N-ethyl adjacent to an activating group) is 1. The second-order valence-corrected chi connectivity index (χ2v) is 5.16. The third-order valence-corrected chi connectivity index (χ3v) is 3.51. The number of methoxy groups -OCH3 is 1. The van der Waals surface area contributed by atoms with Crippen molar-refractivity contribution in [2.24, 2.45) is 0 Å². The molecule has 7 nitrogen and oxygen atoms in total. The molecule has 0 atom stereocenters. The molecule has 2 rings (SSSR count).